The molecule has 96 valence electrons. The Bertz CT molecular complexity index is 398. The molecule has 17 heavy (non-hydrogen) atoms. The highest BCUT2D eigenvalue weighted by Crippen LogP contribution is 2.25. The molecule has 1 unspecified atom stereocenters. The van der Waals surface area contributed by atoms with Crippen LogP contribution in [0.5, 0.6) is 0 Å². The molecular formula is C13H21ClN2O. The third-order valence-corrected chi connectivity index (χ3v) is 3.64. The number of Topliss-reactive ketones (excluding diaryl/α,β-unsaturated/α-hetero) is 1. The lowest BCUT2D eigenvalue weighted by Crippen LogP contribution is -2.16. The van der Waals surface area contributed by atoms with Crippen LogP contribution in [-0.4, -0.2) is 15.6 Å². The summed E-state index contributed by atoms with van der Waals surface area (Å²) in [5, 5.41) is 5.21. The Morgan fingerprint density at radius 1 is 1.41 bits per heavy atom. The van der Waals surface area contributed by atoms with Crippen molar-refractivity contribution in [3.8, 4) is 0 Å². The van der Waals surface area contributed by atoms with Gasteiger partial charge < -0.3 is 0 Å². The van der Waals surface area contributed by atoms with E-state index >= 15 is 0 Å². The molecule has 0 aromatic carbocycles. The van der Waals surface area contributed by atoms with Crippen molar-refractivity contribution < 1.29 is 4.79 Å². The van der Waals surface area contributed by atoms with Gasteiger partial charge in [0.05, 0.1) is 16.4 Å². The van der Waals surface area contributed by atoms with Crippen molar-refractivity contribution in [2.75, 3.05) is 0 Å². The monoisotopic (exact) mass is 256 g/mol. The Balaban J connectivity index is 3.03. The number of halogens is 1. The van der Waals surface area contributed by atoms with Gasteiger partial charge in [0.1, 0.15) is 5.78 Å². The number of carbonyl (C=O) groups is 1. The van der Waals surface area contributed by atoms with Crippen LogP contribution in [0.15, 0.2) is 0 Å². The molecule has 0 saturated heterocycles. The van der Waals surface area contributed by atoms with Crippen LogP contribution in [-0.2, 0) is 24.2 Å². The SMILES string of the molecule is CCc1nn(CC)c(CC(CC)C(C)=O)c1Cl. The first-order chi connectivity index (χ1) is 8.04. The highest BCUT2D eigenvalue weighted by atomic mass is 35.5. The van der Waals surface area contributed by atoms with E-state index in [1.807, 2.05) is 25.5 Å². The van der Waals surface area contributed by atoms with Crippen molar-refractivity contribution >= 4 is 17.4 Å². The second kappa shape index (κ2) is 6.20. The molecule has 0 amide bonds. The molecule has 0 saturated carbocycles. The fourth-order valence-corrected chi connectivity index (χ4v) is 2.37. The van der Waals surface area contributed by atoms with Crippen molar-refractivity contribution in [2.24, 2.45) is 5.92 Å². The summed E-state index contributed by atoms with van der Waals surface area (Å²) in [6.07, 6.45) is 2.38. The van der Waals surface area contributed by atoms with Gasteiger partial charge in [-0.25, -0.2) is 0 Å². The summed E-state index contributed by atoms with van der Waals surface area (Å²) in [7, 11) is 0. The van der Waals surface area contributed by atoms with Gasteiger partial charge in [0.2, 0.25) is 0 Å². The summed E-state index contributed by atoms with van der Waals surface area (Å²) in [6, 6.07) is 0. The Morgan fingerprint density at radius 3 is 2.47 bits per heavy atom. The van der Waals surface area contributed by atoms with E-state index in [-0.39, 0.29) is 11.7 Å². The summed E-state index contributed by atoms with van der Waals surface area (Å²) >= 11 is 6.32. The Morgan fingerprint density at radius 2 is 2.06 bits per heavy atom. The van der Waals surface area contributed by atoms with Crippen LogP contribution < -0.4 is 0 Å². The molecule has 0 spiro atoms. The van der Waals surface area contributed by atoms with Gasteiger partial charge in [-0.1, -0.05) is 25.4 Å². The van der Waals surface area contributed by atoms with Crippen LogP contribution in [0, 0.1) is 5.92 Å². The normalized spacial score (nSPS) is 12.8. The summed E-state index contributed by atoms with van der Waals surface area (Å²) in [6.45, 7) is 8.56. The third kappa shape index (κ3) is 3.09. The number of hydrogen-bond acceptors (Lipinski definition) is 2. The predicted molar refractivity (Wildman–Crippen MR) is 70.5 cm³/mol. The predicted octanol–water partition coefficient (Wildman–Crippen LogP) is 3.28. The molecule has 4 heteroatoms. The van der Waals surface area contributed by atoms with Gasteiger partial charge >= 0.3 is 0 Å². The first-order valence-electron chi connectivity index (χ1n) is 6.29. The molecule has 1 heterocycles. The molecule has 0 aliphatic heterocycles. The van der Waals surface area contributed by atoms with E-state index in [2.05, 4.69) is 5.10 Å². The minimum atomic E-state index is 0.0548. The van der Waals surface area contributed by atoms with Crippen molar-refractivity contribution in [1.29, 1.82) is 0 Å². The van der Waals surface area contributed by atoms with Crippen LogP contribution in [0.1, 0.15) is 45.5 Å². The Labute approximate surface area is 108 Å². The van der Waals surface area contributed by atoms with Crippen LogP contribution in [0.3, 0.4) is 0 Å². The molecule has 0 bridgehead atoms. The fourth-order valence-electron chi connectivity index (χ4n) is 2.02. The number of aromatic nitrogens is 2. The zero-order chi connectivity index (χ0) is 13.0. The zero-order valence-corrected chi connectivity index (χ0v) is 11.8. The minimum absolute atomic E-state index is 0.0548. The quantitative estimate of drug-likeness (QED) is 0.783. The lowest BCUT2D eigenvalue weighted by Gasteiger charge is -2.12. The van der Waals surface area contributed by atoms with Gasteiger partial charge in [-0.15, -0.1) is 0 Å². The van der Waals surface area contributed by atoms with E-state index in [0.29, 0.717) is 6.42 Å². The standard InChI is InChI=1S/C13H21ClN2O/c1-5-10(9(4)17)8-12-13(14)11(6-2)15-16(12)7-3/h10H,5-8H2,1-4H3. The first kappa shape index (κ1) is 14.2. The van der Waals surface area contributed by atoms with Crippen LogP contribution in [0.4, 0.5) is 0 Å². The van der Waals surface area contributed by atoms with E-state index in [0.717, 1.165) is 35.8 Å². The molecule has 1 atom stereocenters. The highest BCUT2D eigenvalue weighted by Gasteiger charge is 2.20. The second-order valence-corrected chi connectivity index (χ2v) is 4.67. The van der Waals surface area contributed by atoms with Crippen molar-refractivity contribution in [2.45, 2.75) is 53.5 Å². The molecule has 3 nitrogen and oxygen atoms in total. The molecule has 0 N–H and O–H groups in total. The maximum Gasteiger partial charge on any atom is 0.133 e. The van der Waals surface area contributed by atoms with Gasteiger partial charge in [0.15, 0.2) is 0 Å². The molecule has 1 aromatic heterocycles. The van der Waals surface area contributed by atoms with E-state index in [1.165, 1.54) is 0 Å². The zero-order valence-electron chi connectivity index (χ0n) is 11.1. The van der Waals surface area contributed by atoms with Gasteiger partial charge in [0.25, 0.3) is 0 Å². The molecule has 0 fully saturated rings. The maximum absolute atomic E-state index is 11.5. The van der Waals surface area contributed by atoms with Crippen LogP contribution >= 0.6 is 11.6 Å². The van der Waals surface area contributed by atoms with Crippen molar-refractivity contribution in [3.63, 3.8) is 0 Å². The van der Waals surface area contributed by atoms with Gasteiger partial charge in [-0.3, -0.25) is 9.48 Å². The topological polar surface area (TPSA) is 34.9 Å². The molecule has 1 aromatic rings. The minimum Gasteiger partial charge on any atom is -0.300 e. The molecule has 1 rings (SSSR count). The van der Waals surface area contributed by atoms with Gasteiger partial charge in [-0.2, -0.15) is 5.10 Å². The number of carbonyl (C=O) groups excluding carboxylic acids is 1. The highest BCUT2D eigenvalue weighted by molar-refractivity contribution is 6.31. The van der Waals surface area contributed by atoms with Gasteiger partial charge in [0, 0.05) is 18.9 Å². The van der Waals surface area contributed by atoms with Crippen LogP contribution in [0.25, 0.3) is 0 Å². The number of nitrogens with zero attached hydrogens (tertiary/aromatic N) is 2. The summed E-state index contributed by atoms with van der Waals surface area (Å²) in [5.41, 5.74) is 1.94. The third-order valence-electron chi connectivity index (χ3n) is 3.20. The average molecular weight is 257 g/mol. The van der Waals surface area contributed by atoms with Gasteiger partial charge in [-0.05, 0) is 26.7 Å². The van der Waals surface area contributed by atoms with E-state index in [1.54, 1.807) is 6.92 Å². The summed E-state index contributed by atoms with van der Waals surface area (Å²) in [4.78, 5) is 11.5. The largest absolute Gasteiger partial charge is 0.300 e. The van der Waals surface area contributed by atoms with E-state index < -0.39 is 0 Å². The average Bonchev–Trinajstić information content (AvgIpc) is 2.62. The van der Waals surface area contributed by atoms with Crippen molar-refractivity contribution in [3.05, 3.63) is 16.4 Å². The molecular weight excluding hydrogens is 236 g/mol. The lowest BCUT2D eigenvalue weighted by atomic mass is 9.96. The number of ketones is 1. The lowest BCUT2D eigenvalue weighted by molar-refractivity contribution is -0.120. The molecule has 0 aliphatic carbocycles. The molecule has 0 radical (unpaired) electrons. The van der Waals surface area contributed by atoms with Crippen molar-refractivity contribution in [1.82, 2.24) is 9.78 Å². The Kier molecular flexibility index (Phi) is 5.19. The fraction of sp³-hybridized carbons (Fsp3) is 0.692. The summed E-state index contributed by atoms with van der Waals surface area (Å²) < 4.78 is 1.92. The molecule has 0 aliphatic rings. The van der Waals surface area contributed by atoms with Crippen LogP contribution in [0.2, 0.25) is 5.02 Å². The number of hydrogen-bond donors (Lipinski definition) is 0. The van der Waals surface area contributed by atoms with E-state index in [4.69, 9.17) is 11.6 Å². The number of aryl methyl sites for hydroxylation is 2. The van der Waals surface area contributed by atoms with E-state index in [9.17, 15) is 4.79 Å². The second-order valence-electron chi connectivity index (χ2n) is 4.30. The summed E-state index contributed by atoms with van der Waals surface area (Å²) in [5.74, 6) is 0.282. The smallest absolute Gasteiger partial charge is 0.133 e. The maximum atomic E-state index is 11.5. The number of rotatable bonds is 6. The Hall–Kier alpha value is -0.830. The first-order valence-corrected chi connectivity index (χ1v) is 6.67.